The number of sulfonamides is 1. The van der Waals surface area contributed by atoms with E-state index >= 15 is 0 Å². The first-order valence-electron chi connectivity index (χ1n) is 10.9. The summed E-state index contributed by atoms with van der Waals surface area (Å²) in [5.41, 5.74) is 0.318. The molecule has 0 atom stereocenters. The summed E-state index contributed by atoms with van der Waals surface area (Å²) < 4.78 is 36.3. The average Bonchev–Trinajstić information content (AvgIpc) is 2.84. The molecule has 0 bridgehead atoms. The Labute approximate surface area is 199 Å². The van der Waals surface area contributed by atoms with Crippen molar-refractivity contribution >= 4 is 28.0 Å². The fraction of sp³-hybridized carbons (Fsp3) is 0.391. The van der Waals surface area contributed by atoms with Crippen LogP contribution in [0.5, 0.6) is 5.88 Å². The first kappa shape index (κ1) is 26.8. The van der Waals surface area contributed by atoms with Gasteiger partial charge in [0, 0.05) is 30.9 Å². The van der Waals surface area contributed by atoms with E-state index in [1.165, 1.54) is 36.4 Å². The van der Waals surface area contributed by atoms with Gasteiger partial charge in [-0.25, -0.2) is 22.9 Å². The molecule has 0 saturated carbocycles. The van der Waals surface area contributed by atoms with E-state index in [4.69, 9.17) is 4.74 Å². The van der Waals surface area contributed by atoms with Crippen LogP contribution in [0, 0.1) is 0 Å². The molecule has 1 aromatic heterocycles. The molecule has 2 aromatic rings. The number of hydrogen-bond donors (Lipinski definition) is 1. The van der Waals surface area contributed by atoms with Gasteiger partial charge in [0.25, 0.3) is 21.8 Å². The van der Waals surface area contributed by atoms with Crippen molar-refractivity contribution < 1.29 is 32.3 Å². The number of nitrogens with zero attached hydrogens (tertiary/aromatic N) is 2. The van der Waals surface area contributed by atoms with Gasteiger partial charge >= 0.3 is 6.16 Å². The second kappa shape index (κ2) is 12.7. The third-order valence-corrected chi connectivity index (χ3v) is 6.19. The van der Waals surface area contributed by atoms with E-state index in [1.54, 1.807) is 4.90 Å². The number of benzene rings is 1. The number of pyridine rings is 1. The maximum atomic E-state index is 12.9. The van der Waals surface area contributed by atoms with Crippen molar-refractivity contribution in [3.05, 3.63) is 53.7 Å². The van der Waals surface area contributed by atoms with Crippen LogP contribution < -0.4 is 9.46 Å². The SMILES string of the molecule is CCCCN(CCCC)C(=O)c1ccc(S(=O)(=O)NC(=O)c2ccc(OC(=O)OC)nc2)cc1. The van der Waals surface area contributed by atoms with Gasteiger partial charge in [0.1, 0.15) is 0 Å². The topological polar surface area (TPSA) is 132 Å². The molecular weight excluding hydrogens is 462 g/mol. The molecule has 0 unspecified atom stereocenters. The Hall–Kier alpha value is -3.47. The lowest BCUT2D eigenvalue weighted by molar-refractivity contribution is 0.0750. The van der Waals surface area contributed by atoms with Crippen molar-refractivity contribution in [2.45, 2.75) is 44.4 Å². The van der Waals surface area contributed by atoms with Gasteiger partial charge in [-0.15, -0.1) is 0 Å². The minimum absolute atomic E-state index is 0.0601. The van der Waals surface area contributed by atoms with E-state index in [2.05, 4.69) is 23.6 Å². The summed E-state index contributed by atoms with van der Waals surface area (Å²) in [4.78, 5) is 41.7. The number of unbranched alkanes of at least 4 members (excludes halogenated alkanes) is 2. The first-order chi connectivity index (χ1) is 16.2. The van der Waals surface area contributed by atoms with Gasteiger partial charge in [0.2, 0.25) is 5.88 Å². The van der Waals surface area contributed by atoms with Crippen molar-refractivity contribution in [1.82, 2.24) is 14.6 Å². The largest absolute Gasteiger partial charge is 0.514 e. The molecule has 1 aromatic carbocycles. The highest BCUT2D eigenvalue weighted by Gasteiger charge is 2.21. The highest BCUT2D eigenvalue weighted by molar-refractivity contribution is 7.90. The fourth-order valence-corrected chi connectivity index (χ4v) is 3.89. The second-order valence-electron chi connectivity index (χ2n) is 7.40. The number of methoxy groups -OCH3 is 1. The quantitative estimate of drug-likeness (QED) is 0.473. The number of nitrogens with one attached hydrogen (secondary N) is 1. The van der Waals surface area contributed by atoms with Crippen LogP contribution in [0.25, 0.3) is 0 Å². The molecule has 11 heteroatoms. The smallest absolute Gasteiger partial charge is 0.437 e. The maximum absolute atomic E-state index is 12.9. The predicted molar refractivity (Wildman–Crippen MR) is 124 cm³/mol. The molecule has 0 radical (unpaired) electrons. The standard InChI is InChI=1S/C23H29N3O7S/c1-4-6-14-26(15-7-5-2)22(28)17-8-11-19(12-9-17)34(30,31)25-21(27)18-10-13-20(24-16-18)33-23(29)32-3/h8-13,16H,4-7,14-15H2,1-3H3,(H,25,27). The summed E-state index contributed by atoms with van der Waals surface area (Å²) in [7, 11) is -3.06. The molecule has 1 N–H and O–H groups in total. The summed E-state index contributed by atoms with van der Waals surface area (Å²) in [6, 6.07) is 7.92. The Balaban J connectivity index is 2.09. The zero-order chi connectivity index (χ0) is 25.1. The van der Waals surface area contributed by atoms with Gasteiger partial charge in [-0.05, 0) is 43.2 Å². The highest BCUT2D eigenvalue weighted by Crippen LogP contribution is 2.15. The number of aromatic nitrogens is 1. The highest BCUT2D eigenvalue weighted by atomic mass is 32.2. The van der Waals surface area contributed by atoms with Gasteiger partial charge in [0.15, 0.2) is 0 Å². The molecule has 0 fully saturated rings. The van der Waals surface area contributed by atoms with Crippen molar-refractivity contribution in [3.63, 3.8) is 0 Å². The molecule has 0 aliphatic heterocycles. The second-order valence-corrected chi connectivity index (χ2v) is 9.08. The Morgan fingerprint density at radius 1 is 0.941 bits per heavy atom. The lowest BCUT2D eigenvalue weighted by Gasteiger charge is -2.22. The van der Waals surface area contributed by atoms with Crippen LogP contribution in [0.1, 0.15) is 60.2 Å². The summed E-state index contributed by atoms with van der Waals surface area (Å²) in [6.45, 7) is 5.39. The average molecular weight is 492 g/mol. The van der Waals surface area contributed by atoms with E-state index in [0.717, 1.165) is 39.0 Å². The number of amides is 2. The monoisotopic (exact) mass is 491 g/mol. The molecular formula is C23H29N3O7S. The third kappa shape index (κ3) is 7.55. The molecule has 0 aliphatic carbocycles. The molecule has 34 heavy (non-hydrogen) atoms. The Morgan fingerprint density at radius 2 is 1.53 bits per heavy atom. The van der Waals surface area contributed by atoms with Crippen LogP contribution >= 0.6 is 0 Å². The fourth-order valence-electron chi connectivity index (χ4n) is 2.91. The first-order valence-corrected chi connectivity index (χ1v) is 12.4. The maximum Gasteiger partial charge on any atom is 0.514 e. The summed E-state index contributed by atoms with van der Waals surface area (Å²) in [5.74, 6) is -1.18. The van der Waals surface area contributed by atoms with Crippen molar-refractivity contribution in [3.8, 4) is 5.88 Å². The molecule has 0 spiro atoms. The molecule has 0 aliphatic rings. The summed E-state index contributed by atoms with van der Waals surface area (Å²) >= 11 is 0. The van der Waals surface area contributed by atoms with E-state index in [0.29, 0.717) is 18.7 Å². The van der Waals surface area contributed by atoms with E-state index in [1.807, 2.05) is 4.72 Å². The van der Waals surface area contributed by atoms with Gasteiger partial charge < -0.3 is 14.4 Å². The van der Waals surface area contributed by atoms with Crippen molar-refractivity contribution in [2.75, 3.05) is 20.2 Å². The third-order valence-electron chi connectivity index (χ3n) is 4.84. The Bertz CT molecular complexity index is 1080. The normalized spacial score (nSPS) is 10.9. The number of carbonyl (C=O) groups is 3. The van der Waals surface area contributed by atoms with E-state index in [9.17, 15) is 22.8 Å². The minimum Gasteiger partial charge on any atom is -0.437 e. The number of carbonyl (C=O) groups excluding carboxylic acids is 3. The van der Waals surface area contributed by atoms with Gasteiger partial charge in [0.05, 0.1) is 17.6 Å². The predicted octanol–water partition coefficient (Wildman–Crippen LogP) is 3.39. The molecule has 10 nitrogen and oxygen atoms in total. The van der Waals surface area contributed by atoms with Crippen molar-refractivity contribution in [2.24, 2.45) is 0 Å². The van der Waals surface area contributed by atoms with Crippen LogP contribution in [-0.2, 0) is 14.8 Å². The number of hydrogen-bond acceptors (Lipinski definition) is 8. The zero-order valence-electron chi connectivity index (χ0n) is 19.4. The summed E-state index contributed by atoms with van der Waals surface area (Å²) in [5, 5.41) is 0. The molecule has 184 valence electrons. The van der Waals surface area contributed by atoms with Crippen LogP contribution in [0.15, 0.2) is 47.5 Å². The molecule has 1 heterocycles. The van der Waals surface area contributed by atoms with Crippen LogP contribution in [0.3, 0.4) is 0 Å². The lowest BCUT2D eigenvalue weighted by Crippen LogP contribution is -2.33. The Morgan fingerprint density at radius 3 is 2.03 bits per heavy atom. The lowest BCUT2D eigenvalue weighted by atomic mass is 10.1. The van der Waals surface area contributed by atoms with Gasteiger partial charge in [-0.3, -0.25) is 9.59 Å². The van der Waals surface area contributed by atoms with Crippen LogP contribution in [0.2, 0.25) is 0 Å². The van der Waals surface area contributed by atoms with Crippen LogP contribution in [-0.4, -0.2) is 56.5 Å². The summed E-state index contributed by atoms with van der Waals surface area (Å²) in [6.07, 6.45) is 3.78. The Kier molecular flexibility index (Phi) is 9.99. The molecule has 0 saturated heterocycles. The van der Waals surface area contributed by atoms with Crippen molar-refractivity contribution in [1.29, 1.82) is 0 Å². The number of rotatable bonds is 11. The molecule has 2 amide bonds. The number of ether oxygens (including phenoxy) is 2. The zero-order valence-corrected chi connectivity index (χ0v) is 20.3. The van der Waals surface area contributed by atoms with E-state index < -0.39 is 22.1 Å². The van der Waals surface area contributed by atoms with Gasteiger partial charge in [-0.1, -0.05) is 26.7 Å². The van der Waals surface area contributed by atoms with E-state index in [-0.39, 0.29) is 22.2 Å². The minimum atomic E-state index is -4.19. The van der Waals surface area contributed by atoms with Gasteiger partial charge in [-0.2, -0.15) is 0 Å². The van der Waals surface area contributed by atoms with Crippen LogP contribution in [0.4, 0.5) is 4.79 Å². The molecule has 2 rings (SSSR count).